The van der Waals surface area contributed by atoms with Crippen LogP contribution in [0.1, 0.15) is 30.5 Å². The summed E-state index contributed by atoms with van der Waals surface area (Å²) >= 11 is 0. The van der Waals surface area contributed by atoms with Crippen LogP contribution < -0.4 is 0 Å². The molecule has 1 fully saturated rings. The van der Waals surface area contributed by atoms with Gasteiger partial charge in [-0.3, -0.25) is 19.2 Å². The fourth-order valence-electron chi connectivity index (χ4n) is 2.28. The van der Waals surface area contributed by atoms with E-state index in [-0.39, 0.29) is 5.91 Å². The Morgan fingerprint density at radius 1 is 1.60 bits per heavy atom. The van der Waals surface area contributed by atoms with Gasteiger partial charge in [-0.2, -0.15) is 0 Å². The zero-order valence-corrected chi connectivity index (χ0v) is 12.3. The third-order valence-corrected chi connectivity index (χ3v) is 5.03. The fourth-order valence-corrected chi connectivity index (χ4v) is 3.58. The highest BCUT2D eigenvalue weighted by molar-refractivity contribution is 7.57. The van der Waals surface area contributed by atoms with E-state index in [1.807, 2.05) is 0 Å². The molecule has 2 unspecified atom stereocenters. The van der Waals surface area contributed by atoms with Crippen LogP contribution in [0.4, 0.5) is 0 Å². The van der Waals surface area contributed by atoms with Crippen molar-refractivity contribution in [3.8, 4) is 0 Å². The number of carbonyl (C=O) groups is 1. The maximum absolute atomic E-state index is 12.1. The molecule has 1 amide bonds. The van der Waals surface area contributed by atoms with E-state index >= 15 is 0 Å². The van der Waals surface area contributed by atoms with Crippen molar-refractivity contribution < 1.29 is 19.1 Å². The summed E-state index contributed by atoms with van der Waals surface area (Å²) in [6.45, 7) is 2.17. The molecule has 1 aromatic heterocycles. The number of hydrogen-bond donors (Lipinski definition) is 1. The Bertz CT molecular complexity index is 502. The summed E-state index contributed by atoms with van der Waals surface area (Å²) in [5.41, 5.74) is 0.180. The van der Waals surface area contributed by atoms with Crippen molar-refractivity contribution in [3.05, 3.63) is 30.1 Å². The predicted molar refractivity (Wildman–Crippen MR) is 74.2 cm³/mol. The number of hydroxylamine groups is 2. The van der Waals surface area contributed by atoms with E-state index in [2.05, 4.69) is 4.98 Å². The number of amides is 1. The van der Waals surface area contributed by atoms with E-state index in [4.69, 9.17) is 4.84 Å². The first kappa shape index (κ1) is 15.2. The summed E-state index contributed by atoms with van der Waals surface area (Å²) < 4.78 is 12.1. The summed E-state index contributed by atoms with van der Waals surface area (Å²) in [6, 6.07) is 3.52. The van der Waals surface area contributed by atoms with E-state index in [0.717, 1.165) is 6.42 Å². The average Bonchev–Trinajstić information content (AvgIpc) is 2.41. The maximum atomic E-state index is 12.1. The molecular formula is C13H19N2O4P. The van der Waals surface area contributed by atoms with Gasteiger partial charge in [0.25, 0.3) is 0 Å². The molecule has 1 aliphatic heterocycles. The number of hydrogen-bond acceptors (Lipinski definition) is 4. The summed E-state index contributed by atoms with van der Waals surface area (Å²) in [7, 11) is -3.32. The van der Waals surface area contributed by atoms with Crippen LogP contribution in [0.5, 0.6) is 0 Å². The molecule has 0 bridgehead atoms. The van der Waals surface area contributed by atoms with Gasteiger partial charge in [0.1, 0.15) is 0 Å². The first-order valence-corrected chi connectivity index (χ1v) is 8.79. The summed E-state index contributed by atoms with van der Waals surface area (Å²) in [4.78, 5) is 30.8. The molecular weight excluding hydrogens is 279 g/mol. The second kappa shape index (κ2) is 6.48. The molecule has 7 heteroatoms. The van der Waals surface area contributed by atoms with Gasteiger partial charge in [0, 0.05) is 32.0 Å². The lowest BCUT2D eigenvalue weighted by Gasteiger charge is -2.28. The summed E-state index contributed by atoms with van der Waals surface area (Å²) in [5, 5.41) is 1.31. The maximum Gasteiger partial charge on any atom is 0.246 e. The van der Waals surface area contributed by atoms with E-state index in [9.17, 15) is 14.3 Å². The van der Waals surface area contributed by atoms with Crippen LogP contribution in [0.15, 0.2) is 24.5 Å². The Morgan fingerprint density at radius 2 is 2.40 bits per heavy atom. The van der Waals surface area contributed by atoms with Crippen molar-refractivity contribution in [2.45, 2.75) is 24.9 Å². The van der Waals surface area contributed by atoms with Gasteiger partial charge >= 0.3 is 0 Å². The minimum Gasteiger partial charge on any atom is -0.344 e. The highest BCUT2D eigenvalue weighted by atomic mass is 31.2. The molecule has 1 N–H and O–H groups in total. The number of aromatic nitrogens is 1. The van der Waals surface area contributed by atoms with Crippen LogP contribution >= 0.6 is 7.37 Å². The van der Waals surface area contributed by atoms with Crippen LogP contribution in [0.25, 0.3) is 0 Å². The van der Waals surface area contributed by atoms with Gasteiger partial charge in [-0.15, -0.1) is 0 Å². The van der Waals surface area contributed by atoms with Crippen molar-refractivity contribution in [3.63, 3.8) is 0 Å². The minimum absolute atomic E-state index is 0.0648. The van der Waals surface area contributed by atoms with E-state index in [0.29, 0.717) is 31.6 Å². The topological polar surface area (TPSA) is 79.7 Å². The third-order valence-electron chi connectivity index (χ3n) is 3.31. The van der Waals surface area contributed by atoms with Gasteiger partial charge in [-0.25, -0.2) is 5.06 Å². The first-order chi connectivity index (χ1) is 9.48. The van der Waals surface area contributed by atoms with Gasteiger partial charge in [-0.1, -0.05) is 6.07 Å². The number of pyridine rings is 1. The Labute approximate surface area is 118 Å². The summed E-state index contributed by atoms with van der Waals surface area (Å²) in [6.07, 6.45) is 4.79. The van der Waals surface area contributed by atoms with Crippen molar-refractivity contribution in [2.75, 3.05) is 19.8 Å². The molecule has 1 aliphatic rings. The molecule has 0 saturated carbocycles. The van der Waals surface area contributed by atoms with Crippen molar-refractivity contribution in [1.29, 1.82) is 0 Å². The van der Waals surface area contributed by atoms with Gasteiger partial charge in [0.05, 0.1) is 12.3 Å². The van der Waals surface area contributed by atoms with Crippen molar-refractivity contribution in [1.82, 2.24) is 10.0 Å². The molecule has 20 heavy (non-hydrogen) atoms. The zero-order valence-electron chi connectivity index (χ0n) is 11.4. The molecule has 0 aromatic carbocycles. The van der Waals surface area contributed by atoms with Crippen LogP contribution in [-0.4, -0.2) is 40.7 Å². The fraction of sp³-hybridized carbons (Fsp3) is 0.538. The smallest absolute Gasteiger partial charge is 0.246 e. The molecule has 2 rings (SSSR count). The molecule has 0 radical (unpaired) electrons. The molecule has 1 aromatic rings. The number of nitrogens with zero attached hydrogens (tertiary/aromatic N) is 2. The van der Waals surface area contributed by atoms with Crippen LogP contribution in [0, 0.1) is 0 Å². The molecule has 110 valence electrons. The third kappa shape index (κ3) is 3.88. The molecule has 2 heterocycles. The highest BCUT2D eigenvalue weighted by Gasteiger charge is 2.29. The summed E-state index contributed by atoms with van der Waals surface area (Å²) in [5.74, 6) is -0.0648. The van der Waals surface area contributed by atoms with E-state index < -0.39 is 13.0 Å². The predicted octanol–water partition coefficient (Wildman–Crippen LogP) is 1.97. The quantitative estimate of drug-likeness (QED) is 0.841. The van der Waals surface area contributed by atoms with Gasteiger partial charge in [-0.05, 0) is 24.5 Å². The van der Waals surface area contributed by atoms with Gasteiger partial charge in [0.2, 0.25) is 13.3 Å². The standard InChI is InChI=1S/C13H19N2O4P/c1-20(17,18)12(11-4-2-7-14-10-11)6-8-15-13(16)5-3-9-19-15/h2,4,7,10,12H,3,5-6,8-9H2,1H3,(H,17,18). The Balaban J connectivity index is 2.06. The van der Waals surface area contributed by atoms with Crippen LogP contribution in [0.3, 0.4) is 0 Å². The normalized spacial score (nSPS) is 20.5. The second-order valence-corrected chi connectivity index (χ2v) is 7.48. The zero-order chi connectivity index (χ0) is 14.6. The Hall–Kier alpha value is -1.23. The minimum atomic E-state index is -3.32. The van der Waals surface area contributed by atoms with E-state index in [1.54, 1.807) is 24.5 Å². The highest BCUT2D eigenvalue weighted by Crippen LogP contribution is 2.54. The van der Waals surface area contributed by atoms with E-state index in [1.165, 1.54) is 11.7 Å². The lowest BCUT2D eigenvalue weighted by molar-refractivity contribution is -0.198. The molecule has 0 spiro atoms. The first-order valence-electron chi connectivity index (χ1n) is 6.61. The molecule has 1 saturated heterocycles. The van der Waals surface area contributed by atoms with Crippen LogP contribution in [0.2, 0.25) is 0 Å². The largest absolute Gasteiger partial charge is 0.344 e. The average molecular weight is 298 g/mol. The van der Waals surface area contributed by atoms with Crippen molar-refractivity contribution in [2.24, 2.45) is 0 Å². The number of rotatable bonds is 5. The molecule has 2 atom stereocenters. The van der Waals surface area contributed by atoms with Gasteiger partial charge in [0.15, 0.2) is 0 Å². The lowest BCUT2D eigenvalue weighted by Crippen LogP contribution is -2.36. The van der Waals surface area contributed by atoms with Gasteiger partial charge < -0.3 is 4.89 Å². The SMILES string of the molecule is CP(=O)(O)C(CCN1OCCCC1=O)c1cccnc1. The lowest BCUT2D eigenvalue weighted by atomic mass is 10.1. The monoisotopic (exact) mass is 298 g/mol. The number of carbonyl (C=O) groups excluding carboxylic acids is 1. The Morgan fingerprint density at radius 3 is 3.00 bits per heavy atom. The second-order valence-electron chi connectivity index (χ2n) is 4.97. The van der Waals surface area contributed by atoms with Crippen LogP contribution in [-0.2, 0) is 14.2 Å². The van der Waals surface area contributed by atoms with Crippen molar-refractivity contribution >= 4 is 13.3 Å². The molecule has 0 aliphatic carbocycles. The Kier molecular flexibility index (Phi) is 4.91. The molecule has 6 nitrogen and oxygen atoms in total.